The van der Waals surface area contributed by atoms with Gasteiger partial charge >= 0.3 is 5.97 Å². The summed E-state index contributed by atoms with van der Waals surface area (Å²) >= 11 is 0. The fourth-order valence-electron chi connectivity index (χ4n) is 1.84. The van der Waals surface area contributed by atoms with Crippen molar-refractivity contribution >= 4 is 11.8 Å². The molecule has 2 heterocycles. The van der Waals surface area contributed by atoms with E-state index < -0.39 is 11.6 Å². The number of hydrogen-bond acceptors (Lipinski definition) is 7. The van der Waals surface area contributed by atoms with Crippen LogP contribution in [0.15, 0.2) is 12.4 Å². The summed E-state index contributed by atoms with van der Waals surface area (Å²) in [6.07, 6.45) is 3.98. The van der Waals surface area contributed by atoms with E-state index in [-0.39, 0.29) is 5.69 Å². The molecule has 0 atom stereocenters. The molecule has 2 N–H and O–H groups in total. The Hall–Kier alpha value is -1.73. The number of carbonyl (C=O) groups excluding carboxylic acids is 1. The van der Waals surface area contributed by atoms with Crippen LogP contribution in [0.5, 0.6) is 0 Å². The standard InChI is InChI=1S/C12H17N3O4/c1-18-11(16)9-6-13-7-10(15-9)14-8-12(17)2-4-19-5-3-12/h6-7,17H,2-5,8H2,1H3,(H,14,15). The minimum atomic E-state index is -0.804. The lowest BCUT2D eigenvalue weighted by Crippen LogP contribution is -2.42. The molecular formula is C12H17N3O4. The van der Waals surface area contributed by atoms with Crippen LogP contribution in [-0.2, 0) is 9.47 Å². The molecule has 2 rings (SSSR count). The second kappa shape index (κ2) is 5.94. The van der Waals surface area contributed by atoms with E-state index in [1.807, 2.05) is 0 Å². The SMILES string of the molecule is COC(=O)c1cncc(NCC2(O)CCOCC2)n1. The Bertz CT molecular complexity index is 446. The van der Waals surface area contributed by atoms with Gasteiger partial charge in [0.25, 0.3) is 0 Å². The van der Waals surface area contributed by atoms with E-state index in [9.17, 15) is 9.90 Å². The Morgan fingerprint density at radius 1 is 1.53 bits per heavy atom. The second-order valence-corrected chi connectivity index (χ2v) is 4.47. The summed E-state index contributed by atoms with van der Waals surface area (Å²) < 4.78 is 9.78. The van der Waals surface area contributed by atoms with Crippen molar-refractivity contribution in [3.05, 3.63) is 18.1 Å². The number of hydrogen-bond donors (Lipinski definition) is 2. The van der Waals surface area contributed by atoms with Crippen molar-refractivity contribution in [1.82, 2.24) is 9.97 Å². The highest BCUT2D eigenvalue weighted by molar-refractivity contribution is 5.87. The molecule has 0 radical (unpaired) electrons. The first-order valence-electron chi connectivity index (χ1n) is 6.07. The van der Waals surface area contributed by atoms with Crippen LogP contribution in [-0.4, -0.2) is 53.5 Å². The first kappa shape index (κ1) is 13.7. The van der Waals surface area contributed by atoms with E-state index in [1.54, 1.807) is 0 Å². The molecular weight excluding hydrogens is 250 g/mol. The lowest BCUT2D eigenvalue weighted by Gasteiger charge is -2.32. The number of aromatic nitrogens is 2. The summed E-state index contributed by atoms with van der Waals surface area (Å²) in [5, 5.41) is 13.3. The highest BCUT2D eigenvalue weighted by atomic mass is 16.5. The molecule has 1 aliphatic rings. The summed E-state index contributed by atoms with van der Waals surface area (Å²) in [7, 11) is 1.29. The molecule has 1 saturated heterocycles. The number of rotatable bonds is 4. The Balaban J connectivity index is 1.97. The number of methoxy groups -OCH3 is 1. The largest absolute Gasteiger partial charge is 0.464 e. The molecule has 0 amide bonds. The summed E-state index contributed by atoms with van der Waals surface area (Å²) in [6, 6.07) is 0. The van der Waals surface area contributed by atoms with Crippen molar-refractivity contribution < 1.29 is 19.4 Å². The third kappa shape index (κ3) is 3.62. The lowest BCUT2D eigenvalue weighted by atomic mass is 9.94. The minimum Gasteiger partial charge on any atom is -0.464 e. The van der Waals surface area contributed by atoms with Gasteiger partial charge in [-0.25, -0.2) is 9.78 Å². The zero-order chi connectivity index (χ0) is 13.7. The summed E-state index contributed by atoms with van der Waals surface area (Å²) in [4.78, 5) is 19.3. The van der Waals surface area contributed by atoms with Crippen LogP contribution in [0.4, 0.5) is 5.82 Å². The number of anilines is 1. The number of ether oxygens (including phenoxy) is 2. The van der Waals surface area contributed by atoms with Crippen LogP contribution in [0.3, 0.4) is 0 Å². The van der Waals surface area contributed by atoms with Crippen LogP contribution in [0, 0.1) is 0 Å². The molecule has 0 aromatic carbocycles. The maximum atomic E-state index is 11.3. The van der Waals surface area contributed by atoms with Gasteiger partial charge in [0, 0.05) is 32.6 Å². The molecule has 7 heteroatoms. The predicted molar refractivity (Wildman–Crippen MR) is 66.9 cm³/mol. The monoisotopic (exact) mass is 267 g/mol. The Morgan fingerprint density at radius 2 is 2.26 bits per heavy atom. The number of esters is 1. The average molecular weight is 267 g/mol. The highest BCUT2D eigenvalue weighted by Crippen LogP contribution is 2.20. The normalized spacial score (nSPS) is 17.8. The molecule has 104 valence electrons. The van der Waals surface area contributed by atoms with Crippen molar-refractivity contribution in [2.45, 2.75) is 18.4 Å². The van der Waals surface area contributed by atoms with Gasteiger partial charge in [0.05, 0.1) is 25.1 Å². The van der Waals surface area contributed by atoms with Gasteiger partial charge in [-0.15, -0.1) is 0 Å². The zero-order valence-corrected chi connectivity index (χ0v) is 10.8. The summed E-state index contributed by atoms with van der Waals surface area (Å²) in [6.45, 7) is 1.44. The van der Waals surface area contributed by atoms with Gasteiger partial charge < -0.3 is 19.9 Å². The van der Waals surface area contributed by atoms with Gasteiger partial charge in [-0.2, -0.15) is 0 Å². The lowest BCUT2D eigenvalue weighted by molar-refractivity contribution is -0.0543. The van der Waals surface area contributed by atoms with Gasteiger partial charge in [-0.3, -0.25) is 4.98 Å². The molecule has 0 aliphatic carbocycles. The Kier molecular flexibility index (Phi) is 4.28. The molecule has 7 nitrogen and oxygen atoms in total. The topological polar surface area (TPSA) is 93.6 Å². The molecule has 1 aliphatic heterocycles. The van der Waals surface area contributed by atoms with Crippen molar-refractivity contribution in [2.24, 2.45) is 0 Å². The average Bonchev–Trinajstić information content (AvgIpc) is 2.45. The Morgan fingerprint density at radius 3 is 2.95 bits per heavy atom. The smallest absolute Gasteiger partial charge is 0.358 e. The van der Waals surface area contributed by atoms with Crippen LogP contribution in [0.2, 0.25) is 0 Å². The molecule has 0 unspecified atom stereocenters. The fraction of sp³-hybridized carbons (Fsp3) is 0.583. The molecule has 0 spiro atoms. The van der Waals surface area contributed by atoms with Crippen LogP contribution in [0.1, 0.15) is 23.3 Å². The van der Waals surface area contributed by atoms with Gasteiger partial charge in [-0.1, -0.05) is 0 Å². The maximum absolute atomic E-state index is 11.3. The quantitative estimate of drug-likeness (QED) is 0.753. The van der Waals surface area contributed by atoms with Crippen molar-refractivity contribution in [3.8, 4) is 0 Å². The van der Waals surface area contributed by atoms with Crippen LogP contribution in [0.25, 0.3) is 0 Å². The van der Waals surface area contributed by atoms with Crippen molar-refractivity contribution in [3.63, 3.8) is 0 Å². The predicted octanol–water partition coefficient (Wildman–Crippen LogP) is 0.217. The summed E-state index contributed by atoms with van der Waals surface area (Å²) in [5.41, 5.74) is -0.673. The van der Waals surface area contributed by atoms with Gasteiger partial charge in [0.1, 0.15) is 5.82 Å². The highest BCUT2D eigenvalue weighted by Gasteiger charge is 2.29. The van der Waals surface area contributed by atoms with Gasteiger partial charge in [-0.05, 0) is 0 Å². The zero-order valence-electron chi connectivity index (χ0n) is 10.8. The fourth-order valence-corrected chi connectivity index (χ4v) is 1.84. The minimum absolute atomic E-state index is 0.131. The van der Waals surface area contributed by atoms with E-state index >= 15 is 0 Å². The maximum Gasteiger partial charge on any atom is 0.358 e. The van der Waals surface area contributed by atoms with Gasteiger partial charge in [0.2, 0.25) is 0 Å². The summed E-state index contributed by atoms with van der Waals surface area (Å²) in [5.74, 6) is -0.108. The van der Waals surface area contributed by atoms with Gasteiger partial charge in [0.15, 0.2) is 5.69 Å². The van der Waals surface area contributed by atoms with E-state index in [0.717, 1.165) is 0 Å². The molecule has 19 heavy (non-hydrogen) atoms. The Labute approximate surface area is 111 Å². The number of aliphatic hydroxyl groups is 1. The number of nitrogens with one attached hydrogen (secondary N) is 1. The van der Waals surface area contributed by atoms with Crippen LogP contribution < -0.4 is 5.32 Å². The van der Waals surface area contributed by atoms with Crippen molar-refractivity contribution in [1.29, 1.82) is 0 Å². The van der Waals surface area contributed by atoms with E-state index in [0.29, 0.717) is 38.4 Å². The van der Waals surface area contributed by atoms with E-state index in [4.69, 9.17) is 4.74 Å². The number of carbonyl (C=O) groups is 1. The molecule has 0 saturated carbocycles. The van der Waals surface area contributed by atoms with Crippen molar-refractivity contribution in [2.75, 3.05) is 32.2 Å². The third-order valence-electron chi connectivity index (χ3n) is 3.05. The van der Waals surface area contributed by atoms with Crippen LogP contribution >= 0.6 is 0 Å². The van der Waals surface area contributed by atoms with E-state index in [1.165, 1.54) is 19.5 Å². The molecule has 0 bridgehead atoms. The third-order valence-corrected chi connectivity index (χ3v) is 3.05. The first-order valence-corrected chi connectivity index (χ1v) is 6.07. The molecule has 1 aromatic heterocycles. The number of nitrogens with zero attached hydrogens (tertiary/aromatic N) is 2. The van der Waals surface area contributed by atoms with E-state index in [2.05, 4.69) is 20.0 Å². The first-order chi connectivity index (χ1) is 9.13. The molecule has 1 aromatic rings. The second-order valence-electron chi connectivity index (χ2n) is 4.47. The molecule has 1 fully saturated rings.